The molecule has 0 unspecified atom stereocenters. The molecule has 60 valence electrons. The van der Waals surface area contributed by atoms with Crippen LogP contribution >= 0.6 is 0 Å². The van der Waals surface area contributed by atoms with E-state index in [4.69, 9.17) is 0 Å². The fraction of sp³-hybridized carbons (Fsp3) is 0.500. The Kier molecular flexibility index (Phi) is 1.89. The summed E-state index contributed by atoms with van der Waals surface area (Å²) in [7, 11) is 0. The molecule has 0 bridgehead atoms. The topological polar surface area (TPSA) is 61.0 Å². The molecule has 1 heterocycles. The van der Waals surface area contributed by atoms with Crippen molar-refractivity contribution in [2.75, 3.05) is 0 Å². The second-order valence-corrected chi connectivity index (χ2v) is 2.48. The van der Waals surface area contributed by atoms with Gasteiger partial charge < -0.3 is 10.1 Å². The molecule has 11 heavy (non-hydrogen) atoms. The Labute approximate surface area is 63.8 Å². The summed E-state index contributed by atoms with van der Waals surface area (Å²) in [6.07, 6.45) is 1.43. The molecule has 0 radical (unpaired) electrons. The number of rotatable bonds is 2. The molecule has 5 nitrogen and oxygen atoms in total. The molecule has 0 fully saturated rings. The molecule has 0 saturated carbocycles. The molecule has 0 spiro atoms. The predicted octanol–water partition coefficient (Wildman–Crippen LogP) is 1.37. The zero-order chi connectivity index (χ0) is 8.43. The van der Waals surface area contributed by atoms with Crippen molar-refractivity contribution in [2.24, 2.45) is 0 Å². The second kappa shape index (κ2) is 2.69. The van der Waals surface area contributed by atoms with Crippen LogP contribution in [0.5, 0.6) is 0 Å². The summed E-state index contributed by atoms with van der Waals surface area (Å²) >= 11 is 0. The molecule has 1 aromatic heterocycles. The highest BCUT2D eigenvalue weighted by Crippen LogP contribution is 2.14. The summed E-state index contributed by atoms with van der Waals surface area (Å²) < 4.78 is 1.38. The van der Waals surface area contributed by atoms with E-state index >= 15 is 0 Å². The van der Waals surface area contributed by atoms with Crippen molar-refractivity contribution in [1.29, 1.82) is 0 Å². The van der Waals surface area contributed by atoms with E-state index in [0.29, 0.717) is 0 Å². The maximum absolute atomic E-state index is 10.3. The molecule has 1 aromatic rings. The highest BCUT2D eigenvalue weighted by atomic mass is 16.6. The fourth-order valence-corrected chi connectivity index (χ4v) is 0.850. The van der Waals surface area contributed by atoms with Crippen LogP contribution in [0.4, 0.5) is 5.82 Å². The second-order valence-electron chi connectivity index (χ2n) is 2.48. The molecule has 0 aliphatic rings. The van der Waals surface area contributed by atoms with E-state index < -0.39 is 4.92 Å². The third-order valence-corrected chi connectivity index (χ3v) is 1.33. The van der Waals surface area contributed by atoms with Gasteiger partial charge in [0.2, 0.25) is 0 Å². The SMILES string of the molecule is CC(C)n1nccc1[N+](=O)[O-]. The molecule has 0 aliphatic carbocycles. The first-order valence-electron chi connectivity index (χ1n) is 3.31. The number of hydrogen-bond donors (Lipinski definition) is 0. The zero-order valence-corrected chi connectivity index (χ0v) is 6.39. The van der Waals surface area contributed by atoms with Crippen LogP contribution in [0.1, 0.15) is 19.9 Å². The first-order chi connectivity index (χ1) is 5.13. The van der Waals surface area contributed by atoms with Gasteiger partial charge in [0.05, 0.1) is 12.3 Å². The Morgan fingerprint density at radius 2 is 2.36 bits per heavy atom. The van der Waals surface area contributed by atoms with Crippen LogP contribution in [-0.2, 0) is 0 Å². The average molecular weight is 155 g/mol. The van der Waals surface area contributed by atoms with Gasteiger partial charge in [-0.1, -0.05) is 5.10 Å². The summed E-state index contributed by atoms with van der Waals surface area (Å²) in [4.78, 5) is 9.89. The standard InChI is InChI=1S/C6H9N3O2/c1-5(2)8-6(9(10)11)3-4-7-8/h3-5H,1-2H3. The van der Waals surface area contributed by atoms with Crippen molar-refractivity contribution < 1.29 is 4.92 Å². The van der Waals surface area contributed by atoms with Gasteiger partial charge in [-0.2, -0.15) is 0 Å². The van der Waals surface area contributed by atoms with Gasteiger partial charge in [-0.15, -0.1) is 4.68 Å². The minimum atomic E-state index is -0.438. The van der Waals surface area contributed by atoms with E-state index in [0.717, 1.165) is 0 Å². The molecular formula is C6H9N3O2. The van der Waals surface area contributed by atoms with Crippen molar-refractivity contribution in [3.63, 3.8) is 0 Å². The number of hydrogen-bond acceptors (Lipinski definition) is 3. The third-order valence-electron chi connectivity index (χ3n) is 1.33. The number of nitro groups is 1. The molecule has 5 heteroatoms. The van der Waals surface area contributed by atoms with Gasteiger partial charge in [0.25, 0.3) is 0 Å². The van der Waals surface area contributed by atoms with E-state index in [1.807, 2.05) is 13.8 Å². The van der Waals surface area contributed by atoms with E-state index in [1.54, 1.807) is 0 Å². The summed E-state index contributed by atoms with van der Waals surface area (Å²) in [5.41, 5.74) is 0. The van der Waals surface area contributed by atoms with Gasteiger partial charge in [0.15, 0.2) is 0 Å². The van der Waals surface area contributed by atoms with Gasteiger partial charge >= 0.3 is 5.82 Å². The van der Waals surface area contributed by atoms with Gasteiger partial charge in [-0.3, -0.25) is 0 Å². The normalized spacial score (nSPS) is 10.5. The smallest absolute Gasteiger partial charge is 0.345 e. The van der Waals surface area contributed by atoms with E-state index in [9.17, 15) is 10.1 Å². The third kappa shape index (κ3) is 1.36. The summed E-state index contributed by atoms with van der Waals surface area (Å²) in [5, 5.41) is 14.1. The molecule has 0 aliphatic heterocycles. The lowest BCUT2D eigenvalue weighted by Gasteiger charge is -2.00. The van der Waals surface area contributed by atoms with Gasteiger partial charge in [0.1, 0.15) is 6.04 Å². The van der Waals surface area contributed by atoms with Crippen LogP contribution in [-0.4, -0.2) is 14.7 Å². The molecule has 0 amide bonds. The number of nitrogens with zero attached hydrogens (tertiary/aromatic N) is 3. The Morgan fingerprint density at radius 3 is 2.73 bits per heavy atom. The lowest BCUT2D eigenvalue weighted by molar-refractivity contribution is -0.393. The van der Waals surface area contributed by atoms with E-state index in [-0.39, 0.29) is 11.9 Å². The van der Waals surface area contributed by atoms with Crippen LogP contribution < -0.4 is 0 Å². The minimum Gasteiger partial charge on any atom is -0.358 e. The number of aromatic nitrogens is 2. The van der Waals surface area contributed by atoms with Gasteiger partial charge in [-0.25, -0.2) is 0 Å². The Morgan fingerprint density at radius 1 is 1.73 bits per heavy atom. The quantitative estimate of drug-likeness (QED) is 0.478. The maximum Gasteiger partial charge on any atom is 0.345 e. The van der Waals surface area contributed by atoms with Crippen LogP contribution in [0.15, 0.2) is 12.3 Å². The highest BCUT2D eigenvalue weighted by molar-refractivity contribution is 5.16. The molecule has 0 saturated heterocycles. The lowest BCUT2D eigenvalue weighted by atomic mass is 10.4. The van der Waals surface area contributed by atoms with Crippen molar-refractivity contribution >= 4 is 5.82 Å². The Balaban J connectivity index is 3.06. The predicted molar refractivity (Wildman–Crippen MR) is 39.3 cm³/mol. The summed E-state index contributed by atoms with van der Waals surface area (Å²) in [6, 6.07) is 1.42. The lowest BCUT2D eigenvalue weighted by Crippen LogP contribution is -2.06. The van der Waals surface area contributed by atoms with E-state index in [2.05, 4.69) is 5.10 Å². The summed E-state index contributed by atoms with van der Waals surface area (Å²) in [5.74, 6) is 0.0417. The Bertz CT molecular complexity index is 267. The molecule has 0 atom stereocenters. The minimum absolute atomic E-state index is 0.0328. The molecular weight excluding hydrogens is 146 g/mol. The first kappa shape index (κ1) is 7.71. The van der Waals surface area contributed by atoms with Crippen LogP contribution in [0.2, 0.25) is 0 Å². The van der Waals surface area contributed by atoms with Crippen LogP contribution in [0.25, 0.3) is 0 Å². The molecule has 0 N–H and O–H groups in total. The Hall–Kier alpha value is -1.39. The molecule has 0 aromatic carbocycles. The first-order valence-corrected chi connectivity index (χ1v) is 3.31. The molecule has 1 rings (SSSR count). The summed E-state index contributed by atoms with van der Waals surface area (Å²) in [6.45, 7) is 3.69. The fourth-order valence-electron chi connectivity index (χ4n) is 0.850. The monoisotopic (exact) mass is 155 g/mol. The van der Waals surface area contributed by atoms with Gasteiger partial charge in [-0.05, 0) is 18.8 Å². The van der Waals surface area contributed by atoms with Gasteiger partial charge in [0, 0.05) is 0 Å². The van der Waals surface area contributed by atoms with Crippen molar-refractivity contribution in [2.45, 2.75) is 19.9 Å². The van der Waals surface area contributed by atoms with Crippen molar-refractivity contribution in [1.82, 2.24) is 9.78 Å². The average Bonchev–Trinajstić information content (AvgIpc) is 2.32. The van der Waals surface area contributed by atoms with E-state index in [1.165, 1.54) is 16.9 Å². The van der Waals surface area contributed by atoms with Crippen LogP contribution in [0, 0.1) is 10.1 Å². The highest BCUT2D eigenvalue weighted by Gasteiger charge is 2.15. The van der Waals surface area contributed by atoms with Crippen molar-refractivity contribution in [3.05, 3.63) is 22.4 Å². The zero-order valence-electron chi connectivity index (χ0n) is 6.39. The van der Waals surface area contributed by atoms with Crippen molar-refractivity contribution in [3.8, 4) is 0 Å². The largest absolute Gasteiger partial charge is 0.358 e. The van der Waals surface area contributed by atoms with Crippen LogP contribution in [0.3, 0.4) is 0 Å². The maximum atomic E-state index is 10.3.